The van der Waals surface area contributed by atoms with Crippen LogP contribution in [0.5, 0.6) is 0 Å². The molecule has 5 aromatic rings. The van der Waals surface area contributed by atoms with E-state index in [9.17, 15) is 4.79 Å². The van der Waals surface area contributed by atoms with Crippen molar-refractivity contribution in [3.63, 3.8) is 0 Å². The van der Waals surface area contributed by atoms with Gasteiger partial charge in [0.05, 0.1) is 12.6 Å². The van der Waals surface area contributed by atoms with Gasteiger partial charge in [0.1, 0.15) is 0 Å². The van der Waals surface area contributed by atoms with E-state index in [-0.39, 0.29) is 17.1 Å². The fourth-order valence-electron chi connectivity index (χ4n) is 5.07. The second-order valence-electron chi connectivity index (χ2n) is 10.6. The Morgan fingerprint density at radius 1 is 0.974 bits per heavy atom. The van der Waals surface area contributed by atoms with Crippen molar-refractivity contribution in [2.45, 2.75) is 58.5 Å². The first kappa shape index (κ1) is 25.3. The molecule has 0 saturated carbocycles. The van der Waals surface area contributed by atoms with Crippen molar-refractivity contribution in [3.8, 4) is 22.5 Å². The van der Waals surface area contributed by atoms with Crippen LogP contribution in [-0.4, -0.2) is 34.7 Å². The Bertz CT molecular complexity index is 1560. The van der Waals surface area contributed by atoms with Crippen LogP contribution in [0.25, 0.3) is 22.5 Å². The van der Waals surface area contributed by atoms with Crippen molar-refractivity contribution in [1.29, 1.82) is 0 Å². The minimum atomic E-state index is -0.00481. The summed E-state index contributed by atoms with van der Waals surface area (Å²) in [5.74, 6) is 0.569. The largest absolute Gasteiger partial charge is 0.329 e. The minimum Gasteiger partial charge on any atom is -0.295 e. The molecule has 1 unspecified atom stereocenters. The number of benzene rings is 2. The number of aromatic nitrogens is 7. The van der Waals surface area contributed by atoms with Crippen LogP contribution in [0.4, 0.5) is 0 Å². The molecule has 0 amide bonds. The fourth-order valence-corrected chi connectivity index (χ4v) is 5.07. The van der Waals surface area contributed by atoms with Crippen molar-refractivity contribution in [2.75, 3.05) is 0 Å². The minimum absolute atomic E-state index is 0.00208. The molecular formula is C30H33N7O. The SMILES string of the molecule is CCCC(c1ccccc1C(C)(C)C)n1ccn(Cc2ccc(-c3ccncc3-c3nnn[nH]3)cc2)c1=O. The predicted octanol–water partition coefficient (Wildman–Crippen LogP) is 5.63. The lowest BCUT2D eigenvalue weighted by atomic mass is 9.81. The molecule has 0 radical (unpaired) electrons. The number of H-pyrrole nitrogens is 1. The van der Waals surface area contributed by atoms with E-state index in [1.807, 2.05) is 23.0 Å². The molecular weight excluding hydrogens is 474 g/mol. The smallest absolute Gasteiger partial charge is 0.295 e. The molecule has 8 nitrogen and oxygen atoms in total. The van der Waals surface area contributed by atoms with Crippen molar-refractivity contribution >= 4 is 0 Å². The average molecular weight is 508 g/mol. The van der Waals surface area contributed by atoms with Crippen LogP contribution in [0.15, 0.2) is 84.2 Å². The normalized spacial score (nSPS) is 12.5. The van der Waals surface area contributed by atoms with Crippen LogP contribution in [0.1, 0.15) is 63.3 Å². The van der Waals surface area contributed by atoms with Gasteiger partial charge in [-0.15, -0.1) is 5.10 Å². The summed E-state index contributed by atoms with van der Waals surface area (Å²) in [5.41, 5.74) is 6.39. The van der Waals surface area contributed by atoms with E-state index in [1.165, 1.54) is 11.1 Å². The first-order valence-corrected chi connectivity index (χ1v) is 13.0. The van der Waals surface area contributed by atoms with Crippen molar-refractivity contribution in [2.24, 2.45) is 0 Å². The summed E-state index contributed by atoms with van der Waals surface area (Å²) >= 11 is 0. The number of hydrogen-bond donors (Lipinski definition) is 1. The Morgan fingerprint density at radius 3 is 2.47 bits per heavy atom. The van der Waals surface area contributed by atoms with Gasteiger partial charge in [-0.3, -0.25) is 14.1 Å². The molecule has 0 aliphatic carbocycles. The summed E-state index contributed by atoms with van der Waals surface area (Å²) in [5, 5.41) is 14.2. The van der Waals surface area contributed by atoms with Gasteiger partial charge in [0, 0.05) is 30.4 Å². The first-order valence-electron chi connectivity index (χ1n) is 13.0. The molecule has 2 aromatic carbocycles. The monoisotopic (exact) mass is 507 g/mol. The standard InChI is InChI=1S/C30H33N7O/c1-5-8-27(24-9-6-7-10-26(24)30(2,3)4)37-18-17-36(29(37)38)20-21-11-13-22(14-12-21)23-15-16-31-19-25(23)28-32-34-35-33-28/h6-7,9-19,27H,5,8,20H2,1-4H3,(H,32,33,34,35). The van der Waals surface area contributed by atoms with Gasteiger partial charge in [0.25, 0.3) is 0 Å². The number of nitrogens with zero attached hydrogens (tertiary/aromatic N) is 6. The van der Waals surface area contributed by atoms with Gasteiger partial charge in [0.15, 0.2) is 5.82 Å². The second-order valence-corrected chi connectivity index (χ2v) is 10.6. The molecule has 0 spiro atoms. The van der Waals surface area contributed by atoms with E-state index in [4.69, 9.17) is 0 Å². The molecule has 0 aliphatic rings. The Morgan fingerprint density at radius 2 is 1.76 bits per heavy atom. The Kier molecular flexibility index (Phi) is 7.05. The van der Waals surface area contributed by atoms with E-state index < -0.39 is 0 Å². The van der Waals surface area contributed by atoms with Gasteiger partial charge in [-0.2, -0.15) is 0 Å². The summed E-state index contributed by atoms with van der Waals surface area (Å²) in [7, 11) is 0. The fraction of sp³-hybridized carbons (Fsp3) is 0.300. The summed E-state index contributed by atoms with van der Waals surface area (Å²) in [6.07, 6.45) is 9.23. The summed E-state index contributed by atoms with van der Waals surface area (Å²) < 4.78 is 3.69. The third-order valence-corrected chi connectivity index (χ3v) is 6.94. The summed E-state index contributed by atoms with van der Waals surface area (Å²) in [6.45, 7) is 9.35. The van der Waals surface area contributed by atoms with Gasteiger partial charge in [-0.25, -0.2) is 9.89 Å². The molecule has 38 heavy (non-hydrogen) atoms. The first-order chi connectivity index (χ1) is 18.4. The van der Waals surface area contributed by atoms with Gasteiger partial charge < -0.3 is 0 Å². The molecule has 0 fully saturated rings. The number of tetrazole rings is 1. The highest BCUT2D eigenvalue weighted by Gasteiger charge is 2.24. The molecule has 3 aromatic heterocycles. The highest BCUT2D eigenvalue weighted by molar-refractivity contribution is 5.79. The molecule has 5 rings (SSSR count). The van der Waals surface area contributed by atoms with Crippen LogP contribution in [0.3, 0.4) is 0 Å². The van der Waals surface area contributed by atoms with E-state index in [1.54, 1.807) is 17.0 Å². The van der Waals surface area contributed by atoms with Crippen LogP contribution in [0.2, 0.25) is 0 Å². The number of rotatable bonds is 8. The van der Waals surface area contributed by atoms with E-state index >= 15 is 0 Å². The molecule has 0 aliphatic heterocycles. The van der Waals surface area contributed by atoms with Crippen LogP contribution in [-0.2, 0) is 12.0 Å². The van der Waals surface area contributed by atoms with Crippen molar-refractivity contribution in [3.05, 3.63) is 107 Å². The maximum absolute atomic E-state index is 13.6. The lowest BCUT2D eigenvalue weighted by molar-refractivity contribution is 0.489. The number of aromatic amines is 1. The zero-order valence-corrected chi connectivity index (χ0v) is 22.3. The molecule has 0 bridgehead atoms. The molecule has 194 valence electrons. The zero-order valence-electron chi connectivity index (χ0n) is 22.3. The second kappa shape index (κ2) is 10.6. The Labute approximate surface area is 222 Å². The van der Waals surface area contributed by atoms with Gasteiger partial charge >= 0.3 is 5.69 Å². The Hall–Kier alpha value is -4.33. The highest BCUT2D eigenvalue weighted by atomic mass is 16.1. The lowest BCUT2D eigenvalue weighted by Gasteiger charge is -2.28. The topological polar surface area (TPSA) is 94.3 Å². The number of nitrogens with one attached hydrogen (secondary N) is 1. The molecule has 1 N–H and O–H groups in total. The van der Waals surface area contributed by atoms with Gasteiger partial charge in [-0.1, -0.05) is 82.6 Å². The van der Waals surface area contributed by atoms with Gasteiger partial charge in [-0.05, 0) is 56.1 Å². The Balaban J connectivity index is 1.42. The number of pyridine rings is 1. The predicted molar refractivity (Wildman–Crippen MR) is 149 cm³/mol. The van der Waals surface area contributed by atoms with Crippen molar-refractivity contribution in [1.82, 2.24) is 34.7 Å². The van der Waals surface area contributed by atoms with E-state index in [0.29, 0.717) is 12.4 Å². The highest BCUT2D eigenvalue weighted by Crippen LogP contribution is 2.33. The van der Waals surface area contributed by atoms with E-state index in [0.717, 1.165) is 35.1 Å². The summed E-state index contributed by atoms with van der Waals surface area (Å²) in [6, 6.07) is 18.7. The third-order valence-electron chi connectivity index (χ3n) is 6.94. The maximum atomic E-state index is 13.6. The third kappa shape index (κ3) is 5.07. The van der Waals surface area contributed by atoms with Crippen LogP contribution < -0.4 is 5.69 Å². The average Bonchev–Trinajstić information content (AvgIpc) is 3.58. The number of hydrogen-bond acceptors (Lipinski definition) is 5. The van der Waals surface area contributed by atoms with E-state index in [2.05, 4.69) is 102 Å². The number of imidazole rings is 1. The summed E-state index contributed by atoms with van der Waals surface area (Å²) in [4.78, 5) is 17.8. The molecule has 1 atom stereocenters. The van der Waals surface area contributed by atoms with Crippen molar-refractivity contribution < 1.29 is 0 Å². The lowest BCUT2D eigenvalue weighted by Crippen LogP contribution is -2.29. The van der Waals surface area contributed by atoms with Crippen LogP contribution in [0, 0.1) is 0 Å². The molecule has 3 heterocycles. The van der Waals surface area contributed by atoms with Crippen LogP contribution >= 0.6 is 0 Å². The maximum Gasteiger partial charge on any atom is 0.329 e. The molecule has 0 saturated heterocycles. The molecule has 8 heteroatoms. The van der Waals surface area contributed by atoms with Gasteiger partial charge in [0.2, 0.25) is 0 Å². The quantitative estimate of drug-likeness (QED) is 0.294. The zero-order chi connectivity index (χ0) is 26.7.